The topological polar surface area (TPSA) is 50.7 Å². The van der Waals surface area contributed by atoms with Crippen LogP contribution in [0.1, 0.15) is 38.2 Å². The van der Waals surface area contributed by atoms with E-state index >= 15 is 0 Å². The molecule has 1 N–H and O–H groups in total. The molecule has 134 valence electrons. The van der Waals surface area contributed by atoms with Crippen molar-refractivity contribution in [2.45, 2.75) is 44.1 Å². The highest BCUT2D eigenvalue weighted by molar-refractivity contribution is 6.30. The summed E-state index contributed by atoms with van der Waals surface area (Å²) in [4.78, 5) is 21.1. The molecule has 1 aliphatic carbocycles. The smallest absolute Gasteiger partial charge is 0.321 e. The summed E-state index contributed by atoms with van der Waals surface area (Å²) in [5.74, 6) is -0.325. The number of hydrogen-bond acceptors (Lipinski definition) is 4. The first-order valence-electron chi connectivity index (χ1n) is 8.97. The van der Waals surface area contributed by atoms with Crippen molar-refractivity contribution in [1.82, 2.24) is 5.48 Å². The summed E-state index contributed by atoms with van der Waals surface area (Å²) in [6.07, 6.45) is 6.21. The van der Waals surface area contributed by atoms with Crippen molar-refractivity contribution in [3.05, 3.63) is 53.1 Å². The zero-order valence-electron chi connectivity index (χ0n) is 14.7. The van der Waals surface area contributed by atoms with Crippen LogP contribution in [0.5, 0.6) is 0 Å². The van der Waals surface area contributed by atoms with Crippen LogP contribution in [-0.2, 0) is 15.0 Å². The van der Waals surface area contributed by atoms with Crippen molar-refractivity contribution in [1.29, 1.82) is 0 Å². The third kappa shape index (κ3) is 3.04. The second-order valence-corrected chi connectivity index (χ2v) is 7.49. The second-order valence-electron chi connectivity index (χ2n) is 7.05. The van der Waals surface area contributed by atoms with Crippen LogP contribution in [0.2, 0.25) is 5.02 Å². The molecule has 2 unspecified atom stereocenters. The molecule has 1 aliphatic heterocycles. The molecule has 5 heteroatoms. The molecule has 2 aliphatic rings. The summed E-state index contributed by atoms with van der Waals surface area (Å²) in [5, 5.41) is 0.723. The third-order valence-electron chi connectivity index (χ3n) is 5.39. The lowest BCUT2D eigenvalue weighted by molar-refractivity contribution is -0.151. The zero-order chi connectivity index (χ0) is 18.1. The highest BCUT2D eigenvalue weighted by Gasteiger charge is 2.45. The van der Waals surface area contributed by atoms with E-state index in [1.807, 2.05) is 24.4 Å². The number of carbonyl (C=O) groups excluding carboxylic acids is 1. The molecule has 26 heavy (non-hydrogen) atoms. The standard InChI is InChI=1S/C21H21ClN2O2/c1-14(25)26-24-20-7-2-3-10-21(20)13-23-19-9-8-16(12-18(19)21)15-5-4-6-17(22)11-15/h4-6,8-9,11-13,20,24H,2-3,7,10H2,1H3. The Bertz CT molecular complexity index is 880. The Morgan fingerprint density at radius 1 is 1.23 bits per heavy atom. The van der Waals surface area contributed by atoms with Crippen LogP contribution in [-0.4, -0.2) is 18.2 Å². The molecule has 0 saturated heterocycles. The van der Waals surface area contributed by atoms with Gasteiger partial charge in [0.25, 0.3) is 0 Å². The number of nitrogens with zero attached hydrogens (tertiary/aromatic N) is 1. The molecule has 0 aromatic heterocycles. The fourth-order valence-corrected chi connectivity index (χ4v) is 4.31. The van der Waals surface area contributed by atoms with Gasteiger partial charge >= 0.3 is 5.97 Å². The predicted molar refractivity (Wildman–Crippen MR) is 104 cm³/mol. The first-order chi connectivity index (χ1) is 12.6. The van der Waals surface area contributed by atoms with Gasteiger partial charge in [-0.1, -0.05) is 42.6 Å². The Balaban J connectivity index is 1.73. The van der Waals surface area contributed by atoms with E-state index in [4.69, 9.17) is 16.4 Å². The normalized spacial score (nSPS) is 23.8. The summed E-state index contributed by atoms with van der Waals surface area (Å²) in [6.45, 7) is 1.41. The molecule has 1 fully saturated rings. The van der Waals surface area contributed by atoms with Gasteiger partial charge in [-0.15, -0.1) is 5.48 Å². The van der Waals surface area contributed by atoms with E-state index < -0.39 is 0 Å². The van der Waals surface area contributed by atoms with Crippen LogP contribution >= 0.6 is 11.6 Å². The van der Waals surface area contributed by atoms with E-state index in [9.17, 15) is 4.79 Å². The lowest BCUT2D eigenvalue weighted by atomic mass is 9.67. The predicted octanol–water partition coefficient (Wildman–Crippen LogP) is 4.97. The van der Waals surface area contributed by atoms with Gasteiger partial charge in [0.1, 0.15) is 0 Å². The molecule has 1 saturated carbocycles. The fraction of sp³-hybridized carbons (Fsp3) is 0.333. The maximum atomic E-state index is 11.3. The van der Waals surface area contributed by atoms with E-state index in [-0.39, 0.29) is 17.4 Å². The number of nitrogens with one attached hydrogen (secondary N) is 1. The van der Waals surface area contributed by atoms with E-state index in [0.29, 0.717) is 0 Å². The number of aliphatic imine (C=N–C) groups is 1. The molecular formula is C21H21ClN2O2. The van der Waals surface area contributed by atoms with Gasteiger partial charge in [-0.25, -0.2) is 0 Å². The Labute approximate surface area is 158 Å². The molecule has 0 bridgehead atoms. The summed E-state index contributed by atoms with van der Waals surface area (Å²) in [7, 11) is 0. The van der Waals surface area contributed by atoms with Crippen molar-refractivity contribution >= 4 is 29.5 Å². The summed E-state index contributed by atoms with van der Waals surface area (Å²) < 4.78 is 0. The molecule has 0 radical (unpaired) electrons. The second kappa shape index (κ2) is 6.86. The minimum absolute atomic E-state index is 0.0276. The quantitative estimate of drug-likeness (QED) is 0.778. The largest absolute Gasteiger partial charge is 0.371 e. The van der Waals surface area contributed by atoms with Crippen molar-refractivity contribution in [3.8, 4) is 11.1 Å². The first-order valence-corrected chi connectivity index (χ1v) is 9.35. The van der Waals surface area contributed by atoms with Gasteiger partial charge in [0.05, 0.1) is 17.1 Å². The Hall–Kier alpha value is -2.17. The van der Waals surface area contributed by atoms with E-state index in [2.05, 4.69) is 34.7 Å². The van der Waals surface area contributed by atoms with Gasteiger partial charge in [0.2, 0.25) is 0 Å². The number of carbonyl (C=O) groups is 1. The van der Waals surface area contributed by atoms with Gasteiger partial charge in [-0.3, -0.25) is 9.79 Å². The van der Waals surface area contributed by atoms with Crippen LogP contribution in [0.15, 0.2) is 47.5 Å². The van der Waals surface area contributed by atoms with Gasteiger partial charge in [-0.05, 0) is 53.8 Å². The maximum Gasteiger partial charge on any atom is 0.321 e. The Morgan fingerprint density at radius 2 is 2.08 bits per heavy atom. The van der Waals surface area contributed by atoms with Crippen molar-refractivity contribution in [3.63, 3.8) is 0 Å². The van der Waals surface area contributed by atoms with Gasteiger partial charge in [0, 0.05) is 18.2 Å². The average molecular weight is 369 g/mol. The minimum Gasteiger partial charge on any atom is -0.371 e. The van der Waals surface area contributed by atoms with E-state index in [0.717, 1.165) is 47.5 Å². The summed E-state index contributed by atoms with van der Waals surface area (Å²) in [5.41, 5.74) is 7.15. The molecule has 2 atom stereocenters. The van der Waals surface area contributed by atoms with Gasteiger partial charge in [-0.2, -0.15) is 0 Å². The number of hydroxylamine groups is 1. The van der Waals surface area contributed by atoms with E-state index in [1.165, 1.54) is 12.5 Å². The molecule has 0 amide bonds. The summed E-state index contributed by atoms with van der Waals surface area (Å²) >= 11 is 6.17. The molecule has 1 heterocycles. The third-order valence-corrected chi connectivity index (χ3v) is 5.63. The number of benzene rings is 2. The number of hydrogen-bond donors (Lipinski definition) is 1. The number of halogens is 1. The molecule has 4 nitrogen and oxygen atoms in total. The molecular weight excluding hydrogens is 348 g/mol. The van der Waals surface area contributed by atoms with Crippen LogP contribution in [0, 0.1) is 0 Å². The van der Waals surface area contributed by atoms with Gasteiger partial charge < -0.3 is 4.84 Å². The zero-order valence-corrected chi connectivity index (χ0v) is 15.4. The van der Waals surface area contributed by atoms with Crippen molar-refractivity contribution < 1.29 is 9.63 Å². The van der Waals surface area contributed by atoms with Crippen LogP contribution in [0.4, 0.5) is 5.69 Å². The van der Waals surface area contributed by atoms with Crippen LogP contribution < -0.4 is 5.48 Å². The Kier molecular flexibility index (Phi) is 4.55. The highest BCUT2D eigenvalue weighted by atomic mass is 35.5. The van der Waals surface area contributed by atoms with Gasteiger partial charge in [0.15, 0.2) is 0 Å². The minimum atomic E-state index is -0.325. The van der Waals surface area contributed by atoms with Crippen molar-refractivity contribution in [2.24, 2.45) is 4.99 Å². The summed E-state index contributed by atoms with van der Waals surface area (Å²) in [6, 6.07) is 14.3. The molecule has 2 aromatic carbocycles. The fourth-order valence-electron chi connectivity index (χ4n) is 4.12. The van der Waals surface area contributed by atoms with Crippen LogP contribution in [0.3, 0.4) is 0 Å². The lowest BCUT2D eigenvalue weighted by Gasteiger charge is -2.39. The monoisotopic (exact) mass is 368 g/mol. The first kappa shape index (κ1) is 17.3. The van der Waals surface area contributed by atoms with E-state index in [1.54, 1.807) is 0 Å². The Morgan fingerprint density at radius 3 is 2.88 bits per heavy atom. The number of rotatable bonds is 3. The number of fused-ring (bicyclic) bond motifs is 2. The SMILES string of the molecule is CC(=O)ONC1CCCCC12C=Nc1ccc(-c3cccc(Cl)c3)cc12. The molecule has 4 rings (SSSR count). The molecule has 1 spiro atoms. The lowest BCUT2D eigenvalue weighted by Crippen LogP contribution is -2.51. The maximum absolute atomic E-state index is 11.3. The molecule has 2 aromatic rings. The van der Waals surface area contributed by atoms with Crippen molar-refractivity contribution in [2.75, 3.05) is 0 Å². The van der Waals surface area contributed by atoms with Crippen LogP contribution in [0.25, 0.3) is 11.1 Å². The average Bonchev–Trinajstić information content (AvgIpc) is 2.99. The highest BCUT2D eigenvalue weighted by Crippen LogP contribution is 2.47.